The molecule has 3 heterocycles. The topological polar surface area (TPSA) is 61.7 Å². The fourth-order valence-electron chi connectivity index (χ4n) is 4.20. The van der Waals surface area contributed by atoms with E-state index >= 15 is 0 Å². The van der Waals surface area contributed by atoms with Crippen LogP contribution in [0.1, 0.15) is 32.1 Å². The van der Waals surface area contributed by atoms with Crippen molar-refractivity contribution in [2.75, 3.05) is 45.8 Å². The molecule has 0 unspecified atom stereocenters. The smallest absolute Gasteiger partial charge is 0.236 e. The number of carbonyl (C=O) groups is 2. The lowest BCUT2D eigenvalue weighted by atomic mass is 10.0. The maximum atomic E-state index is 13.0. The minimum Gasteiger partial charge on any atom is -0.342 e. The highest BCUT2D eigenvalue weighted by Gasteiger charge is 2.52. The van der Waals surface area contributed by atoms with Crippen LogP contribution in [0.4, 0.5) is 0 Å². The molecule has 1 saturated carbocycles. The predicted molar refractivity (Wildman–Crippen MR) is 97.3 cm³/mol. The average Bonchev–Trinajstić information content (AvgIpc) is 3.28. The van der Waals surface area contributed by atoms with Crippen LogP contribution in [0.2, 0.25) is 0 Å². The van der Waals surface area contributed by atoms with Crippen molar-refractivity contribution in [1.29, 1.82) is 0 Å². The zero-order chi connectivity index (χ0) is 18.0. The van der Waals surface area contributed by atoms with Crippen molar-refractivity contribution in [2.45, 2.75) is 38.6 Å². The predicted octanol–water partition coefficient (Wildman–Crippen LogP) is 0.820. The first-order valence-electron chi connectivity index (χ1n) is 9.92. The molecular weight excluding hydrogens is 330 g/mol. The first-order chi connectivity index (χ1) is 12.7. The standard InChI is InChI=1S/C19H29N5O2/c25-17(23-7-2-1-3-8-23)14-21-10-12-24(13-11-21)18(26)19(4-5-19)15-22-9-6-20-16-22/h6,9,16H,1-5,7-8,10-15H2. The van der Waals surface area contributed by atoms with Crippen LogP contribution in [-0.2, 0) is 16.1 Å². The van der Waals surface area contributed by atoms with E-state index in [0.29, 0.717) is 6.54 Å². The third-order valence-corrected chi connectivity index (χ3v) is 6.08. The first-order valence-corrected chi connectivity index (χ1v) is 9.92. The van der Waals surface area contributed by atoms with Gasteiger partial charge in [-0.05, 0) is 32.1 Å². The zero-order valence-corrected chi connectivity index (χ0v) is 15.5. The van der Waals surface area contributed by atoms with Crippen LogP contribution in [-0.4, -0.2) is 81.9 Å². The highest BCUT2D eigenvalue weighted by Crippen LogP contribution is 2.48. The Labute approximate surface area is 154 Å². The van der Waals surface area contributed by atoms with Gasteiger partial charge < -0.3 is 14.4 Å². The van der Waals surface area contributed by atoms with Crippen molar-refractivity contribution in [3.05, 3.63) is 18.7 Å². The van der Waals surface area contributed by atoms with Gasteiger partial charge in [0.1, 0.15) is 0 Å². The fraction of sp³-hybridized carbons (Fsp3) is 0.737. The third kappa shape index (κ3) is 3.77. The Morgan fingerprint density at radius 3 is 2.27 bits per heavy atom. The van der Waals surface area contributed by atoms with Gasteiger partial charge in [0.2, 0.25) is 11.8 Å². The van der Waals surface area contributed by atoms with Crippen LogP contribution in [0.15, 0.2) is 18.7 Å². The van der Waals surface area contributed by atoms with Gasteiger partial charge >= 0.3 is 0 Å². The molecular formula is C19H29N5O2. The molecule has 2 saturated heterocycles. The summed E-state index contributed by atoms with van der Waals surface area (Å²) >= 11 is 0. The van der Waals surface area contributed by atoms with E-state index in [1.54, 1.807) is 12.5 Å². The van der Waals surface area contributed by atoms with Gasteiger partial charge in [0.05, 0.1) is 18.3 Å². The number of hydrogen-bond donors (Lipinski definition) is 0. The van der Waals surface area contributed by atoms with Gasteiger partial charge in [-0.2, -0.15) is 0 Å². The van der Waals surface area contributed by atoms with E-state index < -0.39 is 0 Å². The lowest BCUT2D eigenvalue weighted by Gasteiger charge is -2.37. The number of nitrogens with zero attached hydrogens (tertiary/aromatic N) is 5. The molecule has 0 aromatic carbocycles. The van der Waals surface area contributed by atoms with Crippen molar-refractivity contribution in [3.8, 4) is 0 Å². The molecule has 0 bridgehead atoms. The maximum Gasteiger partial charge on any atom is 0.236 e. The molecule has 1 aliphatic carbocycles. The van der Waals surface area contributed by atoms with Crippen molar-refractivity contribution in [1.82, 2.24) is 24.3 Å². The van der Waals surface area contributed by atoms with E-state index in [1.165, 1.54) is 6.42 Å². The van der Waals surface area contributed by atoms with Crippen LogP contribution >= 0.6 is 0 Å². The monoisotopic (exact) mass is 359 g/mol. The molecule has 7 heteroatoms. The van der Waals surface area contributed by atoms with E-state index in [0.717, 1.165) is 71.5 Å². The Balaban J connectivity index is 1.25. The number of aromatic nitrogens is 2. The van der Waals surface area contributed by atoms with Crippen molar-refractivity contribution in [3.63, 3.8) is 0 Å². The minimum absolute atomic E-state index is 0.216. The summed E-state index contributed by atoms with van der Waals surface area (Å²) in [7, 11) is 0. The first kappa shape index (κ1) is 17.5. The lowest BCUT2D eigenvalue weighted by molar-refractivity contribution is -0.140. The van der Waals surface area contributed by atoms with E-state index in [9.17, 15) is 9.59 Å². The molecule has 142 valence electrons. The third-order valence-electron chi connectivity index (χ3n) is 6.08. The van der Waals surface area contributed by atoms with Gasteiger partial charge in [-0.15, -0.1) is 0 Å². The highest BCUT2D eigenvalue weighted by atomic mass is 16.2. The van der Waals surface area contributed by atoms with Gasteiger partial charge in [-0.3, -0.25) is 14.5 Å². The maximum absolute atomic E-state index is 13.0. The van der Waals surface area contributed by atoms with Crippen LogP contribution in [0.3, 0.4) is 0 Å². The van der Waals surface area contributed by atoms with Crippen LogP contribution in [0.25, 0.3) is 0 Å². The number of amides is 2. The summed E-state index contributed by atoms with van der Waals surface area (Å²) in [6.07, 6.45) is 10.9. The van der Waals surface area contributed by atoms with E-state index in [1.807, 2.05) is 20.6 Å². The van der Waals surface area contributed by atoms with E-state index in [4.69, 9.17) is 0 Å². The number of hydrogen-bond acceptors (Lipinski definition) is 4. The largest absolute Gasteiger partial charge is 0.342 e. The second kappa shape index (κ2) is 7.39. The Kier molecular flexibility index (Phi) is 4.98. The number of rotatable bonds is 5. The Morgan fingerprint density at radius 2 is 1.65 bits per heavy atom. The van der Waals surface area contributed by atoms with Crippen LogP contribution in [0, 0.1) is 5.41 Å². The zero-order valence-electron chi connectivity index (χ0n) is 15.5. The summed E-state index contributed by atoms with van der Waals surface area (Å²) in [5, 5.41) is 0. The average molecular weight is 359 g/mol. The molecule has 2 aliphatic heterocycles. The molecule has 1 aromatic rings. The normalized spacial score (nSPS) is 23.1. The second-order valence-electron chi connectivity index (χ2n) is 8.03. The number of piperidine rings is 1. The number of piperazine rings is 1. The Morgan fingerprint density at radius 1 is 0.923 bits per heavy atom. The summed E-state index contributed by atoms with van der Waals surface area (Å²) in [5.41, 5.74) is -0.216. The van der Waals surface area contributed by atoms with Crippen molar-refractivity contribution >= 4 is 11.8 Å². The number of likely N-dealkylation sites (tertiary alicyclic amines) is 1. The summed E-state index contributed by atoms with van der Waals surface area (Å²) < 4.78 is 2.01. The molecule has 26 heavy (non-hydrogen) atoms. The summed E-state index contributed by atoms with van der Waals surface area (Å²) in [4.78, 5) is 35.7. The lowest BCUT2D eigenvalue weighted by Crippen LogP contribution is -2.53. The van der Waals surface area contributed by atoms with Crippen LogP contribution < -0.4 is 0 Å². The number of carbonyl (C=O) groups excluding carboxylic acids is 2. The number of imidazole rings is 1. The summed E-state index contributed by atoms with van der Waals surface area (Å²) in [5.74, 6) is 0.538. The summed E-state index contributed by atoms with van der Waals surface area (Å²) in [6, 6.07) is 0. The Bertz CT molecular complexity index is 626. The minimum atomic E-state index is -0.216. The molecule has 3 aliphatic rings. The van der Waals surface area contributed by atoms with Gasteiger partial charge in [-0.25, -0.2) is 4.98 Å². The molecule has 0 N–H and O–H groups in total. The van der Waals surface area contributed by atoms with Gasteiger partial charge in [0.15, 0.2) is 0 Å². The van der Waals surface area contributed by atoms with Gasteiger partial charge in [0.25, 0.3) is 0 Å². The SMILES string of the molecule is O=C(CN1CCN(C(=O)C2(Cn3ccnc3)CC2)CC1)N1CCCCC1. The molecule has 0 spiro atoms. The van der Waals surface area contributed by atoms with Crippen LogP contribution in [0.5, 0.6) is 0 Å². The highest BCUT2D eigenvalue weighted by molar-refractivity contribution is 5.85. The van der Waals surface area contributed by atoms with E-state index in [2.05, 4.69) is 9.88 Å². The molecule has 0 atom stereocenters. The second-order valence-corrected chi connectivity index (χ2v) is 8.03. The van der Waals surface area contributed by atoms with Crippen molar-refractivity contribution < 1.29 is 9.59 Å². The van der Waals surface area contributed by atoms with Gasteiger partial charge in [-0.1, -0.05) is 0 Å². The molecule has 4 rings (SSSR count). The molecule has 7 nitrogen and oxygen atoms in total. The Hall–Kier alpha value is -1.89. The van der Waals surface area contributed by atoms with Crippen molar-refractivity contribution in [2.24, 2.45) is 5.41 Å². The molecule has 0 radical (unpaired) electrons. The quantitative estimate of drug-likeness (QED) is 0.781. The van der Waals surface area contributed by atoms with E-state index in [-0.39, 0.29) is 17.2 Å². The molecule has 2 amide bonds. The summed E-state index contributed by atoms with van der Waals surface area (Å²) in [6.45, 7) is 6.12. The van der Waals surface area contributed by atoms with Gasteiger partial charge in [0, 0.05) is 58.2 Å². The fourth-order valence-corrected chi connectivity index (χ4v) is 4.20. The molecule has 3 fully saturated rings. The molecule has 1 aromatic heterocycles.